The Morgan fingerprint density at radius 2 is 2.12 bits per heavy atom. The lowest BCUT2D eigenvalue weighted by molar-refractivity contribution is 0.628. The first-order valence-corrected chi connectivity index (χ1v) is 9.32. The summed E-state index contributed by atoms with van der Waals surface area (Å²) in [4.78, 5) is 14.1. The highest BCUT2D eigenvalue weighted by atomic mass is 79.9. The quantitative estimate of drug-likeness (QED) is 0.467. The zero-order valence-electron chi connectivity index (χ0n) is 12.2. The molecule has 4 aromatic rings. The molecule has 0 aliphatic carbocycles. The van der Waals surface area contributed by atoms with E-state index < -0.39 is 0 Å². The lowest BCUT2D eigenvalue weighted by Crippen LogP contribution is -2.04. The number of fused-ring (bicyclic) bond motifs is 1. The van der Waals surface area contributed by atoms with Crippen molar-refractivity contribution in [2.75, 3.05) is 5.73 Å². The second-order valence-electron chi connectivity index (χ2n) is 4.84. The molecule has 0 unspecified atom stereocenters. The van der Waals surface area contributed by atoms with Crippen LogP contribution in [0.25, 0.3) is 21.6 Å². The first kappa shape index (κ1) is 17.5. The lowest BCUT2D eigenvalue weighted by atomic mass is 10.4. The van der Waals surface area contributed by atoms with Gasteiger partial charge in [0.2, 0.25) is 0 Å². The third kappa shape index (κ3) is 3.37. The van der Waals surface area contributed by atoms with Crippen molar-refractivity contribution in [1.82, 2.24) is 24.7 Å². The maximum atomic E-state index is 5.83. The number of nitrogen functional groups attached to an aromatic ring is 1. The Morgan fingerprint density at radius 1 is 1.25 bits per heavy atom. The van der Waals surface area contributed by atoms with Gasteiger partial charge in [-0.2, -0.15) is 5.10 Å². The number of hydrogen-bond donors (Lipinski definition) is 1. The van der Waals surface area contributed by atoms with Gasteiger partial charge in [0, 0.05) is 18.3 Å². The summed E-state index contributed by atoms with van der Waals surface area (Å²) in [6.07, 6.45) is 3.98. The summed E-state index contributed by atoms with van der Waals surface area (Å²) < 4.78 is 2.96. The van der Waals surface area contributed by atoms with Crippen LogP contribution in [0, 0.1) is 0 Å². The van der Waals surface area contributed by atoms with E-state index in [1.807, 2.05) is 10.7 Å². The van der Waals surface area contributed by atoms with E-state index in [1.54, 1.807) is 28.9 Å². The van der Waals surface area contributed by atoms with E-state index in [0.29, 0.717) is 12.4 Å². The van der Waals surface area contributed by atoms with Crippen LogP contribution >= 0.6 is 55.6 Å². The molecule has 0 aromatic carbocycles. The number of anilines is 1. The van der Waals surface area contributed by atoms with E-state index in [1.165, 1.54) is 11.2 Å². The van der Waals surface area contributed by atoms with Crippen molar-refractivity contribution in [2.24, 2.45) is 0 Å². The SMILES string of the molecule is Br.Nc1ncnc2c1cnn2CCc1nc(-c2ccc(Br)s2)cs1. The number of thiophene rings is 1. The van der Waals surface area contributed by atoms with Crippen LogP contribution in [-0.2, 0) is 13.0 Å². The Bertz CT molecular complexity index is 977. The maximum Gasteiger partial charge on any atom is 0.163 e. The molecule has 4 heterocycles. The largest absolute Gasteiger partial charge is 0.383 e. The van der Waals surface area contributed by atoms with Crippen LogP contribution in [0.5, 0.6) is 0 Å². The molecule has 0 saturated heterocycles. The van der Waals surface area contributed by atoms with Crippen molar-refractivity contribution in [1.29, 1.82) is 0 Å². The zero-order chi connectivity index (χ0) is 15.8. The Labute approximate surface area is 164 Å². The molecule has 0 atom stereocenters. The molecule has 4 aromatic heterocycles. The minimum Gasteiger partial charge on any atom is -0.383 e. The van der Waals surface area contributed by atoms with Crippen LogP contribution in [0.1, 0.15) is 5.01 Å². The molecule has 0 radical (unpaired) electrons. The standard InChI is InChI=1S/C14H11BrN6S2.BrH/c15-11-2-1-10(23-11)9-6-22-12(20-9)3-4-21-14-8(5-19-21)13(16)17-7-18-14;/h1-2,5-7H,3-4H2,(H2,16,17,18);1H. The summed E-state index contributed by atoms with van der Waals surface area (Å²) in [5, 5.41) is 8.31. The van der Waals surface area contributed by atoms with E-state index in [4.69, 9.17) is 10.7 Å². The van der Waals surface area contributed by atoms with Crippen molar-refractivity contribution in [3.05, 3.63) is 38.8 Å². The third-order valence-electron chi connectivity index (χ3n) is 3.38. The van der Waals surface area contributed by atoms with Gasteiger partial charge in [0.05, 0.1) is 30.9 Å². The Morgan fingerprint density at radius 3 is 2.92 bits per heavy atom. The van der Waals surface area contributed by atoms with Crippen LogP contribution < -0.4 is 5.73 Å². The summed E-state index contributed by atoms with van der Waals surface area (Å²) in [6.45, 7) is 0.709. The number of hydrogen-bond acceptors (Lipinski definition) is 7. The lowest BCUT2D eigenvalue weighted by Gasteiger charge is -2.01. The average Bonchev–Trinajstić information content (AvgIpc) is 3.24. The highest BCUT2D eigenvalue weighted by Gasteiger charge is 2.10. The number of rotatable bonds is 4. The third-order valence-corrected chi connectivity index (χ3v) is 5.93. The van der Waals surface area contributed by atoms with Crippen molar-refractivity contribution >= 4 is 72.4 Å². The molecule has 0 spiro atoms. The summed E-state index contributed by atoms with van der Waals surface area (Å²) in [5.41, 5.74) is 7.62. The first-order chi connectivity index (χ1) is 11.2. The van der Waals surface area contributed by atoms with E-state index in [2.05, 4.69) is 42.4 Å². The average molecular weight is 488 g/mol. The highest BCUT2D eigenvalue weighted by molar-refractivity contribution is 9.11. The molecule has 0 aliphatic heterocycles. The maximum absolute atomic E-state index is 5.83. The Balaban J connectivity index is 0.00000169. The minimum absolute atomic E-state index is 0. The predicted octanol–water partition coefficient (Wildman–Crippen LogP) is 4.18. The molecular weight excluding hydrogens is 476 g/mol. The molecule has 10 heteroatoms. The van der Waals surface area contributed by atoms with Gasteiger partial charge in [0.15, 0.2) is 5.65 Å². The Kier molecular flexibility index (Phi) is 5.28. The van der Waals surface area contributed by atoms with Gasteiger partial charge in [-0.1, -0.05) is 0 Å². The van der Waals surface area contributed by atoms with Gasteiger partial charge in [0.1, 0.15) is 12.1 Å². The monoisotopic (exact) mass is 486 g/mol. The molecule has 0 amide bonds. The van der Waals surface area contributed by atoms with Crippen molar-refractivity contribution in [3.8, 4) is 10.6 Å². The van der Waals surface area contributed by atoms with Crippen molar-refractivity contribution < 1.29 is 0 Å². The van der Waals surface area contributed by atoms with E-state index in [-0.39, 0.29) is 17.0 Å². The molecule has 124 valence electrons. The van der Waals surface area contributed by atoms with Gasteiger partial charge >= 0.3 is 0 Å². The number of thiazole rings is 1. The van der Waals surface area contributed by atoms with Gasteiger partial charge in [-0.25, -0.2) is 19.6 Å². The molecule has 0 fully saturated rings. The molecule has 2 N–H and O–H groups in total. The second kappa shape index (κ2) is 7.26. The van der Waals surface area contributed by atoms with E-state index >= 15 is 0 Å². The fourth-order valence-corrected chi connectivity index (χ4v) is 4.48. The zero-order valence-corrected chi connectivity index (χ0v) is 17.1. The van der Waals surface area contributed by atoms with Gasteiger partial charge in [-0.05, 0) is 28.1 Å². The number of nitrogens with zero attached hydrogens (tertiary/aromatic N) is 5. The number of aromatic nitrogens is 5. The van der Waals surface area contributed by atoms with Crippen LogP contribution in [0.2, 0.25) is 0 Å². The van der Waals surface area contributed by atoms with E-state index in [9.17, 15) is 0 Å². The minimum atomic E-state index is 0. The molecule has 0 saturated carbocycles. The summed E-state index contributed by atoms with van der Waals surface area (Å²) in [6, 6.07) is 4.12. The predicted molar refractivity (Wildman–Crippen MR) is 107 cm³/mol. The number of aryl methyl sites for hydroxylation is 2. The fraction of sp³-hybridized carbons (Fsp3) is 0.143. The van der Waals surface area contributed by atoms with Crippen LogP contribution in [-0.4, -0.2) is 24.7 Å². The van der Waals surface area contributed by atoms with Crippen LogP contribution in [0.15, 0.2) is 33.8 Å². The van der Waals surface area contributed by atoms with Gasteiger partial charge in [-0.15, -0.1) is 39.7 Å². The molecule has 0 aliphatic rings. The molecular formula is C14H12Br2N6S2. The smallest absolute Gasteiger partial charge is 0.163 e. The molecule has 4 rings (SSSR count). The van der Waals surface area contributed by atoms with Crippen LogP contribution in [0.4, 0.5) is 5.82 Å². The van der Waals surface area contributed by atoms with Gasteiger partial charge in [-0.3, -0.25) is 0 Å². The van der Waals surface area contributed by atoms with Crippen LogP contribution in [0.3, 0.4) is 0 Å². The Hall–Kier alpha value is -1.36. The first-order valence-electron chi connectivity index (χ1n) is 6.83. The summed E-state index contributed by atoms with van der Waals surface area (Å²) in [5.74, 6) is 0.459. The summed E-state index contributed by atoms with van der Waals surface area (Å²) in [7, 11) is 0. The number of halogens is 2. The van der Waals surface area contributed by atoms with Gasteiger partial charge in [0.25, 0.3) is 0 Å². The summed E-state index contributed by atoms with van der Waals surface area (Å²) >= 11 is 6.83. The molecule has 6 nitrogen and oxygen atoms in total. The second-order valence-corrected chi connectivity index (χ2v) is 8.25. The van der Waals surface area contributed by atoms with E-state index in [0.717, 1.165) is 31.9 Å². The molecule has 0 bridgehead atoms. The van der Waals surface area contributed by atoms with Gasteiger partial charge < -0.3 is 5.73 Å². The molecule has 24 heavy (non-hydrogen) atoms. The van der Waals surface area contributed by atoms with Crippen molar-refractivity contribution in [3.63, 3.8) is 0 Å². The topological polar surface area (TPSA) is 82.5 Å². The fourth-order valence-electron chi connectivity index (χ4n) is 2.27. The van der Waals surface area contributed by atoms with Crippen molar-refractivity contribution in [2.45, 2.75) is 13.0 Å². The highest BCUT2D eigenvalue weighted by Crippen LogP contribution is 2.32. The normalized spacial score (nSPS) is 10.9. The number of nitrogens with two attached hydrogens (primary N) is 1.